The van der Waals surface area contributed by atoms with E-state index in [9.17, 15) is 9.59 Å². The number of benzene rings is 1. The zero-order valence-electron chi connectivity index (χ0n) is 11.4. The summed E-state index contributed by atoms with van der Waals surface area (Å²) in [5, 5.41) is 8.68. The highest BCUT2D eigenvalue weighted by molar-refractivity contribution is 5.85. The van der Waals surface area contributed by atoms with Crippen LogP contribution in [-0.2, 0) is 16.0 Å². The molecule has 5 nitrogen and oxygen atoms in total. The first kappa shape index (κ1) is 14.7. The van der Waals surface area contributed by atoms with Crippen molar-refractivity contribution in [3.05, 3.63) is 35.4 Å². The first-order chi connectivity index (χ1) is 8.93. The topological polar surface area (TPSA) is 64.4 Å². The molecule has 0 aliphatic rings. The average Bonchev–Trinajstić information content (AvgIpc) is 2.39. The second kappa shape index (κ2) is 6.55. The molecule has 0 fully saturated rings. The van der Waals surface area contributed by atoms with Gasteiger partial charge < -0.3 is 9.80 Å². The highest BCUT2D eigenvalue weighted by Gasteiger charge is 2.14. The summed E-state index contributed by atoms with van der Waals surface area (Å²) in [5.41, 5.74) is 1.39. The minimum absolute atomic E-state index is 0.0715. The first-order valence-corrected chi connectivity index (χ1v) is 5.87. The van der Waals surface area contributed by atoms with Crippen LogP contribution in [0.2, 0.25) is 0 Å². The van der Waals surface area contributed by atoms with Crippen LogP contribution in [0.3, 0.4) is 0 Å². The minimum Gasteiger partial charge on any atom is -0.347 e. The van der Waals surface area contributed by atoms with Crippen molar-refractivity contribution in [2.24, 2.45) is 0 Å². The molecule has 0 aliphatic carbocycles. The van der Waals surface area contributed by atoms with Gasteiger partial charge in [0.1, 0.15) is 0 Å². The molecule has 2 amide bonds. The molecule has 0 unspecified atom stereocenters. The Hall–Kier alpha value is -2.35. The Morgan fingerprint density at radius 2 is 1.68 bits per heavy atom. The summed E-state index contributed by atoms with van der Waals surface area (Å²) in [5.74, 6) is -0.240. The Balaban J connectivity index is 2.58. The summed E-state index contributed by atoms with van der Waals surface area (Å²) in [6, 6.07) is 8.87. The van der Waals surface area contributed by atoms with E-state index in [-0.39, 0.29) is 24.8 Å². The lowest BCUT2D eigenvalue weighted by molar-refractivity contribution is -0.137. The highest BCUT2D eigenvalue weighted by Crippen LogP contribution is 2.05. The molecule has 0 radical (unpaired) electrons. The van der Waals surface area contributed by atoms with E-state index >= 15 is 0 Å². The van der Waals surface area contributed by atoms with E-state index in [2.05, 4.69) is 0 Å². The number of amides is 2. The molecular weight excluding hydrogens is 242 g/mol. The van der Waals surface area contributed by atoms with Gasteiger partial charge in [0.05, 0.1) is 24.6 Å². The van der Waals surface area contributed by atoms with Crippen molar-refractivity contribution in [1.82, 2.24) is 9.80 Å². The van der Waals surface area contributed by atoms with E-state index in [0.717, 1.165) is 5.56 Å². The maximum atomic E-state index is 11.9. The van der Waals surface area contributed by atoms with Crippen molar-refractivity contribution < 1.29 is 9.59 Å². The van der Waals surface area contributed by atoms with Crippen molar-refractivity contribution in [3.63, 3.8) is 0 Å². The highest BCUT2D eigenvalue weighted by atomic mass is 16.2. The molecule has 0 N–H and O–H groups in total. The molecule has 0 saturated carbocycles. The molecule has 1 aromatic rings. The van der Waals surface area contributed by atoms with Gasteiger partial charge in [-0.2, -0.15) is 5.26 Å². The van der Waals surface area contributed by atoms with Crippen LogP contribution in [0.15, 0.2) is 24.3 Å². The van der Waals surface area contributed by atoms with E-state index in [4.69, 9.17) is 5.26 Å². The van der Waals surface area contributed by atoms with Crippen molar-refractivity contribution in [2.75, 3.05) is 27.7 Å². The molecule has 0 bridgehead atoms. The fourth-order valence-electron chi connectivity index (χ4n) is 1.44. The molecule has 100 valence electrons. The smallest absolute Gasteiger partial charge is 0.241 e. The van der Waals surface area contributed by atoms with Gasteiger partial charge in [0.25, 0.3) is 0 Å². The van der Waals surface area contributed by atoms with Gasteiger partial charge in [0.15, 0.2) is 0 Å². The second-order valence-electron chi connectivity index (χ2n) is 4.52. The monoisotopic (exact) mass is 259 g/mol. The number of hydrogen-bond acceptors (Lipinski definition) is 3. The zero-order valence-corrected chi connectivity index (χ0v) is 11.4. The van der Waals surface area contributed by atoms with E-state index in [1.165, 1.54) is 9.80 Å². The number of hydrogen-bond donors (Lipinski definition) is 0. The number of nitriles is 1. The van der Waals surface area contributed by atoms with E-state index in [0.29, 0.717) is 5.56 Å². The number of nitrogens with zero attached hydrogens (tertiary/aromatic N) is 3. The van der Waals surface area contributed by atoms with Crippen LogP contribution in [0, 0.1) is 11.3 Å². The molecule has 5 heteroatoms. The summed E-state index contributed by atoms with van der Waals surface area (Å²) in [4.78, 5) is 26.3. The standard InChI is InChI=1S/C14H17N3O2/c1-16(2)14(19)10-17(3)13(18)8-11-4-6-12(9-15)7-5-11/h4-7H,8,10H2,1-3H3. The second-order valence-corrected chi connectivity index (χ2v) is 4.52. The Morgan fingerprint density at radius 1 is 1.11 bits per heavy atom. The Labute approximate surface area is 113 Å². The van der Waals surface area contributed by atoms with Crippen LogP contribution in [0.1, 0.15) is 11.1 Å². The lowest BCUT2D eigenvalue weighted by Gasteiger charge is -2.19. The molecule has 0 aromatic heterocycles. The molecule has 0 saturated heterocycles. The normalized spacial score (nSPS) is 9.58. The summed E-state index contributed by atoms with van der Waals surface area (Å²) in [6.45, 7) is 0.0715. The third kappa shape index (κ3) is 4.43. The van der Waals surface area contributed by atoms with Gasteiger partial charge >= 0.3 is 0 Å². The predicted molar refractivity (Wildman–Crippen MR) is 71.2 cm³/mol. The van der Waals surface area contributed by atoms with Gasteiger partial charge in [0.2, 0.25) is 11.8 Å². The van der Waals surface area contributed by atoms with Crippen molar-refractivity contribution >= 4 is 11.8 Å². The molecule has 0 spiro atoms. The molecule has 0 aliphatic heterocycles. The maximum absolute atomic E-state index is 11.9. The van der Waals surface area contributed by atoms with Crippen LogP contribution in [0.5, 0.6) is 0 Å². The molecule has 0 heterocycles. The molecule has 19 heavy (non-hydrogen) atoms. The third-order valence-electron chi connectivity index (χ3n) is 2.74. The average molecular weight is 259 g/mol. The fraction of sp³-hybridized carbons (Fsp3) is 0.357. The minimum atomic E-state index is -0.125. The lowest BCUT2D eigenvalue weighted by atomic mass is 10.1. The molecule has 0 atom stereocenters. The van der Waals surface area contributed by atoms with Gasteiger partial charge in [-0.15, -0.1) is 0 Å². The van der Waals surface area contributed by atoms with Crippen LogP contribution < -0.4 is 0 Å². The zero-order chi connectivity index (χ0) is 14.4. The van der Waals surface area contributed by atoms with Crippen LogP contribution in [0.4, 0.5) is 0 Å². The van der Waals surface area contributed by atoms with Gasteiger partial charge in [-0.25, -0.2) is 0 Å². The summed E-state index contributed by atoms with van der Waals surface area (Å²) in [6.07, 6.45) is 0.225. The van der Waals surface area contributed by atoms with Crippen LogP contribution in [0.25, 0.3) is 0 Å². The van der Waals surface area contributed by atoms with Gasteiger partial charge in [0, 0.05) is 21.1 Å². The Kier molecular flexibility index (Phi) is 5.07. The van der Waals surface area contributed by atoms with Gasteiger partial charge in [-0.1, -0.05) is 12.1 Å². The molecule has 1 rings (SSSR count). The van der Waals surface area contributed by atoms with Gasteiger partial charge in [-0.05, 0) is 17.7 Å². The lowest BCUT2D eigenvalue weighted by Crippen LogP contribution is -2.38. The maximum Gasteiger partial charge on any atom is 0.241 e. The fourth-order valence-corrected chi connectivity index (χ4v) is 1.44. The van der Waals surface area contributed by atoms with Crippen molar-refractivity contribution in [2.45, 2.75) is 6.42 Å². The van der Waals surface area contributed by atoms with E-state index in [1.54, 1.807) is 45.4 Å². The number of likely N-dealkylation sites (N-methyl/N-ethyl adjacent to an activating group) is 2. The largest absolute Gasteiger partial charge is 0.347 e. The van der Waals surface area contributed by atoms with E-state index < -0.39 is 0 Å². The quantitative estimate of drug-likeness (QED) is 0.797. The molecular formula is C14H17N3O2. The van der Waals surface area contributed by atoms with Crippen LogP contribution >= 0.6 is 0 Å². The van der Waals surface area contributed by atoms with Crippen molar-refractivity contribution in [3.8, 4) is 6.07 Å². The molecule has 1 aromatic carbocycles. The van der Waals surface area contributed by atoms with Crippen molar-refractivity contribution in [1.29, 1.82) is 5.26 Å². The summed E-state index contributed by atoms with van der Waals surface area (Å²) >= 11 is 0. The number of rotatable bonds is 4. The number of carbonyl (C=O) groups excluding carboxylic acids is 2. The number of carbonyl (C=O) groups is 2. The summed E-state index contributed by atoms with van der Waals surface area (Å²) in [7, 11) is 4.91. The summed E-state index contributed by atoms with van der Waals surface area (Å²) < 4.78 is 0. The predicted octanol–water partition coefficient (Wildman–Crippen LogP) is 0.647. The Bertz CT molecular complexity index is 500. The van der Waals surface area contributed by atoms with Gasteiger partial charge in [-0.3, -0.25) is 9.59 Å². The van der Waals surface area contributed by atoms with Crippen LogP contribution in [-0.4, -0.2) is 49.3 Å². The SMILES string of the molecule is CN(C)C(=O)CN(C)C(=O)Cc1ccc(C#N)cc1. The first-order valence-electron chi connectivity index (χ1n) is 5.87. The van der Waals surface area contributed by atoms with E-state index in [1.807, 2.05) is 6.07 Å². The third-order valence-corrected chi connectivity index (χ3v) is 2.74. The Morgan fingerprint density at radius 3 is 2.16 bits per heavy atom.